The number of amides is 1. The van der Waals surface area contributed by atoms with Crippen LogP contribution in [0.2, 0.25) is 5.02 Å². The smallest absolute Gasteiger partial charge is 0.251 e. The predicted octanol–water partition coefficient (Wildman–Crippen LogP) is 2.83. The van der Waals surface area contributed by atoms with Gasteiger partial charge in [-0.1, -0.05) is 18.5 Å². The average molecular weight is 400 g/mol. The van der Waals surface area contributed by atoms with E-state index in [-0.39, 0.29) is 11.2 Å². The molecule has 2 unspecified atom stereocenters. The molecule has 1 rings (SSSR count). The molecular weight excluding hydrogens is 385 g/mol. The van der Waals surface area contributed by atoms with Crippen LogP contribution >= 0.6 is 34.2 Å². The molecule has 0 fully saturated rings. The first-order valence-corrected chi connectivity index (χ1v) is 8.55. The van der Waals surface area contributed by atoms with Crippen LogP contribution in [0, 0.1) is 3.57 Å². The van der Waals surface area contributed by atoms with Crippen LogP contribution in [-0.4, -0.2) is 28.2 Å². The molecule has 0 heterocycles. The van der Waals surface area contributed by atoms with Gasteiger partial charge in [0.15, 0.2) is 0 Å². The number of hydrogen-bond donors (Lipinski definition) is 1. The van der Waals surface area contributed by atoms with Gasteiger partial charge in [-0.25, -0.2) is 0 Å². The van der Waals surface area contributed by atoms with Gasteiger partial charge in [-0.15, -0.1) is 0 Å². The van der Waals surface area contributed by atoms with Gasteiger partial charge in [-0.2, -0.15) is 0 Å². The van der Waals surface area contributed by atoms with E-state index in [1.54, 1.807) is 18.4 Å². The highest BCUT2D eigenvalue weighted by Gasteiger charge is 2.09. The van der Waals surface area contributed by atoms with E-state index >= 15 is 0 Å². The maximum absolute atomic E-state index is 11.8. The number of halogens is 2. The lowest BCUT2D eigenvalue weighted by molar-refractivity contribution is 0.0953. The van der Waals surface area contributed by atoms with Gasteiger partial charge < -0.3 is 5.32 Å². The molecule has 0 spiro atoms. The summed E-state index contributed by atoms with van der Waals surface area (Å²) < 4.78 is 12.1. The predicted molar refractivity (Wildman–Crippen MR) is 84.6 cm³/mol. The van der Waals surface area contributed by atoms with Crippen LogP contribution in [-0.2, 0) is 10.8 Å². The van der Waals surface area contributed by atoms with Crippen molar-refractivity contribution < 1.29 is 9.00 Å². The van der Waals surface area contributed by atoms with Gasteiger partial charge in [0, 0.05) is 38.0 Å². The fourth-order valence-corrected chi connectivity index (χ4v) is 2.26. The molecule has 2 atom stereocenters. The minimum absolute atomic E-state index is 0.0885. The van der Waals surface area contributed by atoms with Crippen LogP contribution in [0.3, 0.4) is 0 Å². The Morgan fingerprint density at radius 1 is 1.56 bits per heavy atom. The van der Waals surface area contributed by atoms with Crippen LogP contribution in [0.4, 0.5) is 0 Å². The highest BCUT2D eigenvalue weighted by atomic mass is 127. The minimum Gasteiger partial charge on any atom is -0.352 e. The Bertz CT molecular complexity index is 467. The van der Waals surface area contributed by atoms with Crippen molar-refractivity contribution in [2.75, 3.05) is 12.8 Å². The molecule has 0 saturated carbocycles. The molecule has 0 aliphatic rings. The highest BCUT2D eigenvalue weighted by Crippen LogP contribution is 2.19. The number of benzene rings is 1. The molecule has 1 amide bonds. The van der Waals surface area contributed by atoms with Gasteiger partial charge >= 0.3 is 0 Å². The molecular formula is C12H15ClINO2S. The van der Waals surface area contributed by atoms with Crippen molar-refractivity contribution in [2.24, 2.45) is 0 Å². The topological polar surface area (TPSA) is 46.2 Å². The second-order valence-electron chi connectivity index (χ2n) is 3.98. The normalized spacial score (nSPS) is 14.0. The molecule has 0 bridgehead atoms. The van der Waals surface area contributed by atoms with Crippen molar-refractivity contribution in [2.45, 2.75) is 18.6 Å². The van der Waals surface area contributed by atoms with Crippen LogP contribution in [0.1, 0.15) is 23.7 Å². The zero-order valence-electron chi connectivity index (χ0n) is 10.2. The molecule has 0 saturated heterocycles. The highest BCUT2D eigenvalue weighted by molar-refractivity contribution is 14.1. The van der Waals surface area contributed by atoms with E-state index in [9.17, 15) is 9.00 Å². The second kappa shape index (κ2) is 7.45. The van der Waals surface area contributed by atoms with Crippen LogP contribution in [0.5, 0.6) is 0 Å². The molecule has 1 aromatic carbocycles. The number of rotatable bonds is 5. The zero-order chi connectivity index (χ0) is 13.7. The van der Waals surface area contributed by atoms with Crippen LogP contribution in [0.25, 0.3) is 0 Å². The molecule has 0 aromatic heterocycles. The monoisotopic (exact) mass is 399 g/mol. The summed E-state index contributed by atoms with van der Waals surface area (Å²) in [5.41, 5.74) is 0.547. The van der Waals surface area contributed by atoms with Crippen molar-refractivity contribution >= 4 is 50.9 Å². The van der Waals surface area contributed by atoms with E-state index in [1.807, 2.05) is 13.0 Å². The quantitative estimate of drug-likeness (QED) is 0.774. The molecule has 1 aromatic rings. The lowest BCUT2D eigenvalue weighted by Crippen LogP contribution is -2.27. The van der Waals surface area contributed by atoms with Gasteiger partial charge in [-0.05, 0) is 47.2 Å². The zero-order valence-corrected chi connectivity index (χ0v) is 13.9. The molecule has 3 nitrogen and oxygen atoms in total. The first-order chi connectivity index (χ1) is 8.41. The minimum atomic E-state index is -0.850. The lowest BCUT2D eigenvalue weighted by Gasteiger charge is -2.09. The maximum atomic E-state index is 11.8. The Kier molecular flexibility index (Phi) is 6.59. The Balaban J connectivity index is 2.50. The second-order valence-corrected chi connectivity index (χ2v) is 7.35. The molecule has 18 heavy (non-hydrogen) atoms. The van der Waals surface area contributed by atoms with E-state index in [0.29, 0.717) is 23.6 Å². The summed E-state index contributed by atoms with van der Waals surface area (Å²) in [7, 11) is -0.850. The average Bonchev–Trinajstić information content (AvgIpc) is 2.32. The molecule has 100 valence electrons. The third kappa shape index (κ3) is 4.85. The van der Waals surface area contributed by atoms with E-state index in [2.05, 4.69) is 27.9 Å². The Morgan fingerprint density at radius 3 is 2.78 bits per heavy atom. The Labute approximate surface area is 128 Å². The standard InChI is InChI=1S/C12H15ClINO2S/c1-8(18(2)17)5-6-15-12(16)9-3-4-11(14)10(13)7-9/h3-4,7-8H,5-6H2,1-2H3,(H,15,16). The molecule has 1 N–H and O–H groups in total. The van der Waals surface area contributed by atoms with Gasteiger partial charge in [-0.3, -0.25) is 9.00 Å². The fourth-order valence-electron chi connectivity index (χ4n) is 1.29. The van der Waals surface area contributed by atoms with E-state index < -0.39 is 10.8 Å². The van der Waals surface area contributed by atoms with Gasteiger partial charge in [0.25, 0.3) is 5.91 Å². The van der Waals surface area contributed by atoms with Crippen molar-refractivity contribution in [3.8, 4) is 0 Å². The van der Waals surface area contributed by atoms with E-state index in [0.717, 1.165) is 3.57 Å². The summed E-state index contributed by atoms with van der Waals surface area (Å²) in [6.45, 7) is 2.42. The van der Waals surface area contributed by atoms with E-state index in [1.165, 1.54) is 0 Å². The largest absolute Gasteiger partial charge is 0.352 e. The van der Waals surface area contributed by atoms with Crippen molar-refractivity contribution in [3.63, 3.8) is 0 Å². The third-order valence-corrected chi connectivity index (χ3v) is 5.53. The summed E-state index contributed by atoms with van der Waals surface area (Å²) in [4.78, 5) is 11.8. The molecule has 6 heteroatoms. The fraction of sp³-hybridized carbons (Fsp3) is 0.417. The van der Waals surface area contributed by atoms with Crippen molar-refractivity contribution in [1.82, 2.24) is 5.32 Å². The lowest BCUT2D eigenvalue weighted by atomic mass is 10.2. The summed E-state index contributed by atoms with van der Waals surface area (Å²) in [5.74, 6) is -0.151. The molecule has 0 aliphatic carbocycles. The van der Waals surface area contributed by atoms with Crippen LogP contribution < -0.4 is 5.32 Å². The van der Waals surface area contributed by atoms with Crippen molar-refractivity contribution in [1.29, 1.82) is 0 Å². The van der Waals surface area contributed by atoms with E-state index in [4.69, 9.17) is 11.6 Å². The summed E-state index contributed by atoms with van der Waals surface area (Å²) in [6.07, 6.45) is 2.37. The number of carbonyl (C=O) groups excluding carboxylic acids is 1. The molecule has 0 aliphatic heterocycles. The number of hydrogen-bond acceptors (Lipinski definition) is 2. The summed E-state index contributed by atoms with van der Waals surface area (Å²) in [6, 6.07) is 5.20. The summed E-state index contributed by atoms with van der Waals surface area (Å²) >= 11 is 8.07. The maximum Gasteiger partial charge on any atom is 0.251 e. The molecule has 0 radical (unpaired) electrons. The first kappa shape index (κ1) is 15.9. The summed E-state index contributed by atoms with van der Waals surface area (Å²) in [5, 5.41) is 3.46. The van der Waals surface area contributed by atoms with Crippen molar-refractivity contribution in [3.05, 3.63) is 32.4 Å². The van der Waals surface area contributed by atoms with Crippen LogP contribution in [0.15, 0.2) is 18.2 Å². The third-order valence-electron chi connectivity index (χ3n) is 2.58. The number of carbonyl (C=O) groups is 1. The van der Waals surface area contributed by atoms with Gasteiger partial charge in [0.05, 0.1) is 5.02 Å². The first-order valence-electron chi connectivity index (χ1n) is 5.47. The SMILES string of the molecule is CC(CCNC(=O)c1ccc(I)c(Cl)c1)S(C)=O. The van der Waals surface area contributed by atoms with Gasteiger partial charge in [0.2, 0.25) is 0 Å². The Morgan fingerprint density at radius 2 is 2.22 bits per heavy atom. The Hall–Kier alpha value is -0.140. The number of nitrogens with one attached hydrogen (secondary N) is 1. The van der Waals surface area contributed by atoms with Gasteiger partial charge in [0.1, 0.15) is 0 Å².